The molecule has 1 atom stereocenters. The first-order valence-electron chi connectivity index (χ1n) is 7.29. The van der Waals surface area contributed by atoms with Gasteiger partial charge in [-0.15, -0.1) is 0 Å². The molecule has 0 heterocycles. The molecule has 1 aliphatic rings. The zero-order chi connectivity index (χ0) is 13.9. The number of fused-ring (bicyclic) bond motifs is 1. The van der Waals surface area contributed by atoms with E-state index >= 15 is 0 Å². The minimum Gasteiger partial charge on any atom is -0.489 e. The van der Waals surface area contributed by atoms with Gasteiger partial charge in [0, 0.05) is 6.04 Å². The van der Waals surface area contributed by atoms with Gasteiger partial charge in [-0.3, -0.25) is 0 Å². The molecule has 0 saturated carbocycles. The van der Waals surface area contributed by atoms with Crippen LogP contribution in [0.2, 0.25) is 0 Å². The molecule has 2 aromatic carbocycles. The maximum atomic E-state index is 6.18. The summed E-state index contributed by atoms with van der Waals surface area (Å²) in [5.41, 5.74) is 11.3. The lowest BCUT2D eigenvalue weighted by Gasteiger charge is -2.22. The van der Waals surface area contributed by atoms with Crippen LogP contribution in [0.4, 0.5) is 0 Å². The Bertz CT molecular complexity index is 589. The van der Waals surface area contributed by atoms with Crippen molar-refractivity contribution in [2.45, 2.75) is 38.8 Å². The van der Waals surface area contributed by atoms with Crippen molar-refractivity contribution < 1.29 is 4.74 Å². The van der Waals surface area contributed by atoms with Gasteiger partial charge < -0.3 is 10.5 Å². The minimum atomic E-state index is 0.168. The summed E-state index contributed by atoms with van der Waals surface area (Å²) in [6.07, 6.45) is 3.41. The Balaban J connectivity index is 1.72. The lowest BCUT2D eigenvalue weighted by atomic mass is 9.88. The van der Waals surface area contributed by atoms with E-state index in [9.17, 15) is 0 Å². The van der Waals surface area contributed by atoms with E-state index < -0.39 is 0 Å². The number of nitrogens with two attached hydrogens (primary N) is 1. The Labute approximate surface area is 120 Å². The van der Waals surface area contributed by atoms with Crippen LogP contribution < -0.4 is 10.5 Å². The van der Waals surface area contributed by atoms with Crippen molar-refractivity contribution in [3.63, 3.8) is 0 Å². The van der Waals surface area contributed by atoms with Crippen molar-refractivity contribution in [1.82, 2.24) is 0 Å². The van der Waals surface area contributed by atoms with Crippen molar-refractivity contribution in [2.24, 2.45) is 5.73 Å². The predicted octanol–water partition coefficient (Wildman–Crippen LogP) is 3.91. The number of benzene rings is 2. The molecule has 0 fully saturated rings. The van der Waals surface area contributed by atoms with Gasteiger partial charge in [-0.1, -0.05) is 35.9 Å². The highest BCUT2D eigenvalue weighted by molar-refractivity contribution is 5.39. The highest BCUT2D eigenvalue weighted by Gasteiger charge is 2.17. The minimum absolute atomic E-state index is 0.168. The largest absolute Gasteiger partial charge is 0.489 e. The van der Waals surface area contributed by atoms with Gasteiger partial charge in [0.1, 0.15) is 12.4 Å². The Morgan fingerprint density at radius 3 is 2.75 bits per heavy atom. The summed E-state index contributed by atoms with van der Waals surface area (Å²) in [5.74, 6) is 0.918. The number of rotatable bonds is 3. The summed E-state index contributed by atoms with van der Waals surface area (Å²) >= 11 is 0. The number of aryl methyl sites for hydroxylation is 2. The van der Waals surface area contributed by atoms with E-state index in [-0.39, 0.29) is 6.04 Å². The van der Waals surface area contributed by atoms with E-state index in [2.05, 4.69) is 49.4 Å². The standard InChI is InChI=1S/C18H21NO/c1-13-5-7-14(8-6-13)12-20-16-10-9-15-3-2-4-18(19)17(15)11-16/h5-11,18H,2-4,12,19H2,1H3/t18-/m1/s1. The van der Waals surface area contributed by atoms with E-state index in [0.29, 0.717) is 6.61 Å². The van der Waals surface area contributed by atoms with Gasteiger partial charge in [0.2, 0.25) is 0 Å². The molecular formula is C18H21NO. The van der Waals surface area contributed by atoms with Crippen molar-refractivity contribution in [3.8, 4) is 5.75 Å². The van der Waals surface area contributed by atoms with Crippen LogP contribution in [0.25, 0.3) is 0 Å². The van der Waals surface area contributed by atoms with Crippen LogP contribution in [0.1, 0.15) is 41.1 Å². The average Bonchev–Trinajstić information content (AvgIpc) is 2.47. The molecule has 0 bridgehead atoms. The average molecular weight is 267 g/mol. The van der Waals surface area contributed by atoms with Crippen LogP contribution >= 0.6 is 0 Å². The molecule has 2 heteroatoms. The quantitative estimate of drug-likeness (QED) is 0.915. The molecule has 104 valence electrons. The lowest BCUT2D eigenvalue weighted by Crippen LogP contribution is -2.17. The van der Waals surface area contributed by atoms with Crippen molar-refractivity contribution >= 4 is 0 Å². The molecular weight excluding hydrogens is 246 g/mol. The molecule has 2 N–H and O–H groups in total. The van der Waals surface area contributed by atoms with Gasteiger partial charge in [-0.05, 0) is 55.0 Å². The third kappa shape index (κ3) is 2.86. The van der Waals surface area contributed by atoms with Crippen LogP contribution in [0.3, 0.4) is 0 Å². The molecule has 0 aliphatic heterocycles. The Hall–Kier alpha value is -1.80. The molecule has 2 nitrogen and oxygen atoms in total. The molecule has 1 aliphatic carbocycles. The molecule has 0 radical (unpaired) electrons. The molecule has 0 amide bonds. The highest BCUT2D eigenvalue weighted by Crippen LogP contribution is 2.31. The first-order valence-corrected chi connectivity index (χ1v) is 7.29. The van der Waals surface area contributed by atoms with Crippen LogP contribution in [0.15, 0.2) is 42.5 Å². The van der Waals surface area contributed by atoms with E-state index in [0.717, 1.165) is 18.6 Å². The fraction of sp³-hybridized carbons (Fsp3) is 0.333. The maximum Gasteiger partial charge on any atom is 0.120 e. The van der Waals surface area contributed by atoms with Gasteiger partial charge >= 0.3 is 0 Å². The third-order valence-corrected chi connectivity index (χ3v) is 4.00. The fourth-order valence-electron chi connectivity index (χ4n) is 2.75. The van der Waals surface area contributed by atoms with E-state index in [1.165, 1.54) is 28.7 Å². The van der Waals surface area contributed by atoms with Crippen LogP contribution in [-0.4, -0.2) is 0 Å². The summed E-state index contributed by atoms with van der Waals surface area (Å²) in [6, 6.07) is 15.0. The number of hydrogen-bond donors (Lipinski definition) is 1. The van der Waals surface area contributed by atoms with Crippen molar-refractivity contribution in [3.05, 3.63) is 64.7 Å². The summed E-state index contributed by atoms with van der Waals surface area (Å²) < 4.78 is 5.89. The van der Waals surface area contributed by atoms with Gasteiger partial charge in [-0.2, -0.15) is 0 Å². The number of hydrogen-bond acceptors (Lipinski definition) is 2. The van der Waals surface area contributed by atoms with Gasteiger partial charge in [-0.25, -0.2) is 0 Å². The van der Waals surface area contributed by atoms with Gasteiger partial charge in [0.25, 0.3) is 0 Å². The van der Waals surface area contributed by atoms with Crippen LogP contribution in [0, 0.1) is 6.92 Å². The number of ether oxygens (including phenoxy) is 1. The molecule has 0 unspecified atom stereocenters. The topological polar surface area (TPSA) is 35.2 Å². The van der Waals surface area contributed by atoms with Crippen LogP contribution in [-0.2, 0) is 13.0 Å². The SMILES string of the molecule is Cc1ccc(COc2ccc3c(c2)[C@H](N)CCC3)cc1. The fourth-order valence-corrected chi connectivity index (χ4v) is 2.75. The zero-order valence-corrected chi connectivity index (χ0v) is 11.9. The molecule has 2 aromatic rings. The second-order valence-electron chi connectivity index (χ2n) is 5.63. The van der Waals surface area contributed by atoms with Gasteiger partial charge in [0.15, 0.2) is 0 Å². The van der Waals surface area contributed by atoms with Crippen LogP contribution in [0.5, 0.6) is 5.75 Å². The maximum absolute atomic E-state index is 6.18. The van der Waals surface area contributed by atoms with E-state index in [1.807, 2.05) is 0 Å². The first-order chi connectivity index (χ1) is 9.72. The second kappa shape index (κ2) is 5.68. The zero-order valence-electron chi connectivity index (χ0n) is 11.9. The summed E-state index contributed by atoms with van der Waals surface area (Å²) in [7, 11) is 0. The smallest absolute Gasteiger partial charge is 0.120 e. The second-order valence-corrected chi connectivity index (χ2v) is 5.63. The Morgan fingerprint density at radius 2 is 1.95 bits per heavy atom. The third-order valence-electron chi connectivity index (χ3n) is 4.00. The molecule has 3 rings (SSSR count). The molecule has 0 saturated heterocycles. The summed E-state index contributed by atoms with van der Waals surface area (Å²) in [5, 5.41) is 0. The Kier molecular flexibility index (Phi) is 3.75. The normalized spacial score (nSPS) is 17.6. The summed E-state index contributed by atoms with van der Waals surface area (Å²) in [4.78, 5) is 0. The first kappa shape index (κ1) is 13.2. The Morgan fingerprint density at radius 1 is 1.15 bits per heavy atom. The highest BCUT2D eigenvalue weighted by atomic mass is 16.5. The van der Waals surface area contributed by atoms with E-state index in [4.69, 9.17) is 10.5 Å². The van der Waals surface area contributed by atoms with E-state index in [1.54, 1.807) is 0 Å². The van der Waals surface area contributed by atoms with Crippen molar-refractivity contribution in [1.29, 1.82) is 0 Å². The van der Waals surface area contributed by atoms with Crippen molar-refractivity contribution in [2.75, 3.05) is 0 Å². The molecule has 0 aromatic heterocycles. The molecule has 20 heavy (non-hydrogen) atoms. The molecule has 0 spiro atoms. The lowest BCUT2D eigenvalue weighted by molar-refractivity contribution is 0.305. The predicted molar refractivity (Wildman–Crippen MR) is 81.8 cm³/mol. The monoisotopic (exact) mass is 267 g/mol. The summed E-state index contributed by atoms with van der Waals surface area (Å²) in [6.45, 7) is 2.70. The van der Waals surface area contributed by atoms with Gasteiger partial charge in [0.05, 0.1) is 0 Å².